The van der Waals surface area contributed by atoms with Crippen LogP contribution in [0.2, 0.25) is 0 Å². The normalized spacial score (nSPS) is 22.3. The average molecular weight is 278 g/mol. The molecular weight excluding hydrogens is 256 g/mol. The summed E-state index contributed by atoms with van der Waals surface area (Å²) in [7, 11) is 1.61. The molecule has 0 bridgehead atoms. The third kappa shape index (κ3) is 4.21. The Morgan fingerprint density at radius 3 is 2.65 bits per heavy atom. The lowest BCUT2D eigenvalue weighted by Crippen LogP contribution is -2.40. The van der Waals surface area contributed by atoms with Gasteiger partial charge in [-0.05, 0) is 37.1 Å². The maximum absolute atomic E-state index is 11.8. The van der Waals surface area contributed by atoms with Gasteiger partial charge in [0.25, 0.3) is 0 Å². The first-order valence-corrected chi connectivity index (χ1v) is 7.00. The number of carbonyl (C=O) groups excluding carboxylic acids is 1. The lowest BCUT2D eigenvalue weighted by atomic mass is 9.93. The molecule has 1 fully saturated rings. The summed E-state index contributed by atoms with van der Waals surface area (Å²) < 4.78 is 10.7. The molecule has 1 aromatic carbocycles. The Balaban J connectivity index is 1.76. The van der Waals surface area contributed by atoms with Gasteiger partial charge in [-0.25, -0.2) is 0 Å². The predicted molar refractivity (Wildman–Crippen MR) is 77.8 cm³/mol. The highest BCUT2D eigenvalue weighted by Crippen LogP contribution is 2.20. The summed E-state index contributed by atoms with van der Waals surface area (Å²) in [4.78, 5) is 11.8. The van der Waals surface area contributed by atoms with Gasteiger partial charge in [-0.3, -0.25) is 4.79 Å². The first-order chi connectivity index (χ1) is 9.69. The second kappa shape index (κ2) is 7.26. The molecule has 0 saturated heterocycles. The third-order valence-corrected chi connectivity index (χ3v) is 3.56. The summed E-state index contributed by atoms with van der Waals surface area (Å²) in [6.45, 7) is 0.0460. The van der Waals surface area contributed by atoms with E-state index in [2.05, 4.69) is 5.32 Å². The maximum atomic E-state index is 11.8. The van der Waals surface area contributed by atoms with Gasteiger partial charge >= 0.3 is 0 Å². The van der Waals surface area contributed by atoms with Crippen LogP contribution in [0.3, 0.4) is 0 Å². The summed E-state index contributed by atoms with van der Waals surface area (Å²) in [5.41, 5.74) is 6.71. The van der Waals surface area contributed by atoms with Crippen LogP contribution < -0.4 is 15.8 Å². The first kappa shape index (κ1) is 14.8. The number of amides is 1. The molecular formula is C15H22N2O3. The Morgan fingerprint density at radius 2 is 2.00 bits per heavy atom. The molecule has 1 saturated carbocycles. The maximum Gasteiger partial charge on any atom is 0.250 e. The highest BCUT2D eigenvalue weighted by molar-refractivity contribution is 5.91. The summed E-state index contributed by atoms with van der Waals surface area (Å²) in [5, 5.41) is 2.79. The monoisotopic (exact) mass is 278 g/mol. The second-order valence-corrected chi connectivity index (χ2v) is 5.07. The van der Waals surface area contributed by atoms with Crippen molar-refractivity contribution in [1.29, 1.82) is 0 Å². The number of nitrogens with two attached hydrogens (primary N) is 1. The molecule has 1 aliphatic carbocycles. The van der Waals surface area contributed by atoms with Crippen molar-refractivity contribution in [2.45, 2.75) is 37.8 Å². The fourth-order valence-corrected chi connectivity index (χ4v) is 2.39. The third-order valence-electron chi connectivity index (χ3n) is 3.56. The SMILES string of the molecule is COc1ccc(NC(=O)COC2CCCCC2N)cc1. The van der Waals surface area contributed by atoms with Crippen molar-refractivity contribution in [1.82, 2.24) is 0 Å². The van der Waals surface area contributed by atoms with Gasteiger partial charge in [0.05, 0.1) is 13.2 Å². The van der Waals surface area contributed by atoms with Crippen LogP contribution in [-0.2, 0) is 9.53 Å². The van der Waals surface area contributed by atoms with Crippen molar-refractivity contribution < 1.29 is 14.3 Å². The van der Waals surface area contributed by atoms with E-state index in [9.17, 15) is 4.79 Å². The van der Waals surface area contributed by atoms with Crippen LogP contribution in [0, 0.1) is 0 Å². The van der Waals surface area contributed by atoms with E-state index in [1.54, 1.807) is 31.4 Å². The lowest BCUT2D eigenvalue weighted by molar-refractivity contribution is -0.123. The molecule has 2 unspecified atom stereocenters. The Bertz CT molecular complexity index is 433. The van der Waals surface area contributed by atoms with Gasteiger partial charge in [0.1, 0.15) is 12.4 Å². The Labute approximate surface area is 119 Å². The molecule has 5 nitrogen and oxygen atoms in total. The Morgan fingerprint density at radius 1 is 1.30 bits per heavy atom. The zero-order chi connectivity index (χ0) is 14.4. The van der Waals surface area contributed by atoms with Gasteiger partial charge < -0.3 is 20.5 Å². The standard InChI is InChI=1S/C15H22N2O3/c1-19-12-8-6-11(7-9-12)17-15(18)10-20-14-5-3-2-4-13(14)16/h6-9,13-14H,2-5,10,16H2,1H3,(H,17,18). The predicted octanol–water partition coefficient (Wildman–Crippen LogP) is 1.92. The number of ether oxygens (including phenoxy) is 2. The number of hydrogen-bond donors (Lipinski definition) is 2. The largest absolute Gasteiger partial charge is 0.497 e. The minimum absolute atomic E-state index is 0.00497. The van der Waals surface area contributed by atoms with Crippen molar-refractivity contribution >= 4 is 11.6 Å². The average Bonchev–Trinajstić information content (AvgIpc) is 2.47. The van der Waals surface area contributed by atoms with E-state index in [0.29, 0.717) is 0 Å². The summed E-state index contributed by atoms with van der Waals surface area (Å²) in [6.07, 6.45) is 4.20. The number of anilines is 1. The molecule has 5 heteroatoms. The van der Waals surface area contributed by atoms with Crippen LogP contribution in [0.25, 0.3) is 0 Å². The van der Waals surface area contributed by atoms with Gasteiger partial charge in [0, 0.05) is 11.7 Å². The minimum Gasteiger partial charge on any atom is -0.497 e. The molecule has 1 aliphatic rings. The minimum atomic E-state index is -0.159. The fraction of sp³-hybridized carbons (Fsp3) is 0.533. The lowest BCUT2D eigenvalue weighted by Gasteiger charge is -2.28. The first-order valence-electron chi connectivity index (χ1n) is 7.00. The van der Waals surface area contributed by atoms with Crippen LogP contribution >= 0.6 is 0 Å². The number of methoxy groups -OCH3 is 1. The molecule has 3 N–H and O–H groups in total. The van der Waals surface area contributed by atoms with Crippen molar-refractivity contribution in [2.75, 3.05) is 19.0 Å². The molecule has 20 heavy (non-hydrogen) atoms. The summed E-state index contributed by atoms with van der Waals surface area (Å²) in [5.74, 6) is 0.598. The number of rotatable bonds is 5. The van der Waals surface area contributed by atoms with Crippen LogP contribution in [0.5, 0.6) is 5.75 Å². The second-order valence-electron chi connectivity index (χ2n) is 5.07. The highest BCUT2D eigenvalue weighted by Gasteiger charge is 2.22. The van der Waals surface area contributed by atoms with Crippen LogP contribution in [0.1, 0.15) is 25.7 Å². The van der Waals surface area contributed by atoms with Crippen molar-refractivity contribution in [3.63, 3.8) is 0 Å². The van der Waals surface area contributed by atoms with Crippen molar-refractivity contribution in [3.05, 3.63) is 24.3 Å². The Kier molecular flexibility index (Phi) is 5.38. The topological polar surface area (TPSA) is 73.6 Å². The number of nitrogens with one attached hydrogen (secondary N) is 1. The van der Waals surface area contributed by atoms with E-state index in [1.807, 2.05) is 0 Å². The Hall–Kier alpha value is -1.59. The van der Waals surface area contributed by atoms with Crippen LogP contribution in [-0.4, -0.2) is 31.8 Å². The van der Waals surface area contributed by atoms with E-state index in [0.717, 1.165) is 37.1 Å². The molecule has 1 aromatic rings. The van der Waals surface area contributed by atoms with Crippen molar-refractivity contribution in [3.8, 4) is 5.75 Å². The van der Waals surface area contributed by atoms with Gasteiger partial charge in [-0.2, -0.15) is 0 Å². The van der Waals surface area contributed by atoms with E-state index in [-0.39, 0.29) is 24.7 Å². The van der Waals surface area contributed by atoms with E-state index >= 15 is 0 Å². The van der Waals surface area contributed by atoms with E-state index in [4.69, 9.17) is 15.2 Å². The number of benzene rings is 1. The van der Waals surface area contributed by atoms with Gasteiger partial charge in [0.15, 0.2) is 0 Å². The van der Waals surface area contributed by atoms with Gasteiger partial charge in [-0.15, -0.1) is 0 Å². The number of carbonyl (C=O) groups is 1. The van der Waals surface area contributed by atoms with Crippen LogP contribution in [0.15, 0.2) is 24.3 Å². The summed E-state index contributed by atoms with van der Waals surface area (Å²) >= 11 is 0. The van der Waals surface area contributed by atoms with E-state index in [1.165, 1.54) is 0 Å². The van der Waals surface area contributed by atoms with Crippen LogP contribution in [0.4, 0.5) is 5.69 Å². The molecule has 110 valence electrons. The zero-order valence-corrected chi connectivity index (χ0v) is 11.8. The molecule has 2 atom stereocenters. The van der Waals surface area contributed by atoms with Gasteiger partial charge in [-0.1, -0.05) is 12.8 Å². The van der Waals surface area contributed by atoms with Crippen molar-refractivity contribution in [2.24, 2.45) is 5.73 Å². The zero-order valence-electron chi connectivity index (χ0n) is 11.8. The molecule has 0 aliphatic heterocycles. The molecule has 0 heterocycles. The van der Waals surface area contributed by atoms with Gasteiger partial charge in [0.2, 0.25) is 5.91 Å². The molecule has 0 radical (unpaired) electrons. The molecule has 1 amide bonds. The molecule has 2 rings (SSSR count). The quantitative estimate of drug-likeness (QED) is 0.863. The fourth-order valence-electron chi connectivity index (χ4n) is 2.39. The number of hydrogen-bond acceptors (Lipinski definition) is 4. The smallest absolute Gasteiger partial charge is 0.250 e. The highest BCUT2D eigenvalue weighted by atomic mass is 16.5. The van der Waals surface area contributed by atoms with E-state index < -0.39 is 0 Å². The molecule has 0 aromatic heterocycles. The summed E-state index contributed by atoms with van der Waals surface area (Å²) in [6, 6.07) is 7.24. The molecule has 0 spiro atoms.